The van der Waals surface area contributed by atoms with Crippen molar-refractivity contribution in [3.63, 3.8) is 0 Å². The second kappa shape index (κ2) is 5.86. The van der Waals surface area contributed by atoms with Crippen LogP contribution < -0.4 is 9.44 Å². The zero-order valence-corrected chi connectivity index (χ0v) is 11.6. The molecule has 0 aliphatic heterocycles. The van der Waals surface area contributed by atoms with Crippen LogP contribution in [-0.4, -0.2) is 37.8 Å². The number of nitrogens with one attached hydrogen (secondary N) is 2. The Morgan fingerprint density at radius 2 is 1.85 bits per heavy atom. The van der Waals surface area contributed by atoms with E-state index in [1.807, 2.05) is 11.6 Å². The molecule has 1 saturated carbocycles. The Balaban J connectivity index is 2.78. The summed E-state index contributed by atoms with van der Waals surface area (Å²) in [7, 11) is -4.54. The second-order valence-electron chi connectivity index (χ2n) is 5.11. The molecule has 118 valence electrons. The third-order valence-corrected chi connectivity index (χ3v) is 4.51. The first-order valence-electron chi connectivity index (χ1n) is 6.04. The minimum absolute atomic E-state index is 0.0520. The highest BCUT2D eigenvalue weighted by Crippen LogP contribution is 2.32. The number of alkyl halides is 3. The topological polar surface area (TPSA) is 95.5 Å². The van der Waals surface area contributed by atoms with Crippen LogP contribution in [0.15, 0.2) is 0 Å². The van der Waals surface area contributed by atoms with E-state index in [9.17, 15) is 31.5 Å². The van der Waals surface area contributed by atoms with Crippen molar-refractivity contribution in [2.75, 3.05) is 6.54 Å². The van der Waals surface area contributed by atoms with Crippen LogP contribution in [-0.2, 0) is 15.0 Å². The third-order valence-electron chi connectivity index (χ3n) is 3.33. The molecule has 0 radical (unpaired) electrons. The summed E-state index contributed by atoms with van der Waals surface area (Å²) in [5.74, 6) is -1.11. The van der Waals surface area contributed by atoms with Crippen LogP contribution in [0.3, 0.4) is 0 Å². The molecule has 6 nitrogen and oxygen atoms in total. The Morgan fingerprint density at radius 3 is 2.25 bits per heavy atom. The van der Waals surface area contributed by atoms with Gasteiger partial charge in [0.1, 0.15) is 12.1 Å². The lowest BCUT2D eigenvalue weighted by molar-refractivity contribution is -0.145. The Morgan fingerprint density at radius 1 is 1.35 bits per heavy atom. The van der Waals surface area contributed by atoms with Crippen LogP contribution in [0.2, 0.25) is 0 Å². The van der Waals surface area contributed by atoms with E-state index in [4.69, 9.17) is 0 Å². The van der Waals surface area contributed by atoms with E-state index >= 15 is 0 Å². The van der Waals surface area contributed by atoms with Crippen molar-refractivity contribution < 1.29 is 31.5 Å². The number of hydrogen-bond acceptors (Lipinski definition) is 3. The molecule has 0 aromatic carbocycles. The SMILES string of the molecule is CC1CCC(NS(=O)(=O)NCC(F)(F)F)(C(=O)O)CC1. The van der Waals surface area contributed by atoms with Gasteiger partial charge in [0, 0.05) is 0 Å². The highest BCUT2D eigenvalue weighted by molar-refractivity contribution is 7.87. The molecule has 1 fully saturated rings. The fourth-order valence-corrected chi connectivity index (χ4v) is 3.32. The molecule has 0 aromatic rings. The predicted octanol–water partition coefficient (Wildman–Crippen LogP) is 1.01. The molecule has 0 bridgehead atoms. The van der Waals surface area contributed by atoms with Gasteiger partial charge >= 0.3 is 12.1 Å². The molecule has 0 heterocycles. The number of rotatable bonds is 5. The van der Waals surface area contributed by atoms with E-state index in [0.29, 0.717) is 12.8 Å². The van der Waals surface area contributed by atoms with Gasteiger partial charge in [-0.15, -0.1) is 0 Å². The third kappa shape index (κ3) is 4.91. The molecule has 3 N–H and O–H groups in total. The number of carboxylic acids is 1. The van der Waals surface area contributed by atoms with E-state index < -0.39 is 34.4 Å². The first-order chi connectivity index (χ1) is 8.96. The van der Waals surface area contributed by atoms with Gasteiger partial charge in [0.15, 0.2) is 0 Å². The van der Waals surface area contributed by atoms with Crippen molar-refractivity contribution in [1.82, 2.24) is 9.44 Å². The van der Waals surface area contributed by atoms with Gasteiger partial charge in [-0.1, -0.05) is 6.92 Å². The lowest BCUT2D eigenvalue weighted by atomic mass is 9.78. The number of carboxylic acid groups (broad SMARTS) is 1. The molecule has 0 spiro atoms. The van der Waals surface area contributed by atoms with Crippen LogP contribution >= 0.6 is 0 Å². The van der Waals surface area contributed by atoms with E-state index in [0.717, 1.165) is 0 Å². The fourth-order valence-electron chi connectivity index (χ4n) is 2.08. The highest BCUT2D eigenvalue weighted by atomic mass is 32.2. The maximum atomic E-state index is 12.0. The summed E-state index contributed by atoms with van der Waals surface area (Å²) in [6.45, 7) is 0.163. The first kappa shape index (κ1) is 17.2. The first-order valence-corrected chi connectivity index (χ1v) is 7.53. The van der Waals surface area contributed by atoms with E-state index in [-0.39, 0.29) is 18.8 Å². The number of halogens is 3. The average molecular weight is 318 g/mol. The summed E-state index contributed by atoms with van der Waals surface area (Å²) >= 11 is 0. The van der Waals surface area contributed by atoms with Crippen LogP contribution in [0.4, 0.5) is 13.2 Å². The summed E-state index contributed by atoms with van der Waals surface area (Å²) in [6, 6.07) is 0. The van der Waals surface area contributed by atoms with Crippen molar-refractivity contribution in [3.8, 4) is 0 Å². The Hall–Kier alpha value is -0.870. The van der Waals surface area contributed by atoms with Crippen molar-refractivity contribution >= 4 is 16.2 Å². The molecule has 1 rings (SSSR count). The molecule has 10 heteroatoms. The molecule has 0 aromatic heterocycles. The lowest BCUT2D eigenvalue weighted by Gasteiger charge is -2.36. The minimum Gasteiger partial charge on any atom is -0.480 e. The fraction of sp³-hybridized carbons (Fsp3) is 0.900. The van der Waals surface area contributed by atoms with Crippen LogP contribution in [0, 0.1) is 5.92 Å². The molecule has 20 heavy (non-hydrogen) atoms. The number of aliphatic carboxylic acids is 1. The van der Waals surface area contributed by atoms with Gasteiger partial charge in [0.05, 0.1) is 0 Å². The molecular formula is C10H17F3N2O4S. The maximum Gasteiger partial charge on any atom is 0.402 e. The van der Waals surface area contributed by atoms with E-state index in [1.54, 1.807) is 0 Å². The summed E-state index contributed by atoms with van der Waals surface area (Å²) in [4.78, 5) is 11.3. The molecule has 0 atom stereocenters. The monoisotopic (exact) mass is 318 g/mol. The summed E-state index contributed by atoms with van der Waals surface area (Å²) in [5, 5.41) is 9.19. The van der Waals surface area contributed by atoms with Crippen molar-refractivity contribution in [1.29, 1.82) is 0 Å². The summed E-state index contributed by atoms with van der Waals surface area (Å²) in [6.07, 6.45) is -3.61. The normalized spacial score (nSPS) is 28.3. The molecule has 0 saturated heterocycles. The molecular weight excluding hydrogens is 301 g/mol. The number of carbonyl (C=O) groups is 1. The van der Waals surface area contributed by atoms with Gasteiger partial charge in [-0.2, -0.15) is 31.0 Å². The van der Waals surface area contributed by atoms with Crippen molar-refractivity contribution in [2.45, 2.75) is 44.3 Å². The van der Waals surface area contributed by atoms with Gasteiger partial charge in [-0.3, -0.25) is 4.79 Å². The van der Waals surface area contributed by atoms with E-state index in [1.165, 1.54) is 4.72 Å². The Labute approximate surface area is 114 Å². The van der Waals surface area contributed by atoms with Crippen molar-refractivity contribution in [2.24, 2.45) is 5.92 Å². The van der Waals surface area contributed by atoms with Crippen molar-refractivity contribution in [3.05, 3.63) is 0 Å². The number of hydrogen-bond donors (Lipinski definition) is 3. The molecule has 0 unspecified atom stereocenters. The smallest absolute Gasteiger partial charge is 0.402 e. The average Bonchev–Trinajstić information content (AvgIpc) is 2.29. The summed E-state index contributed by atoms with van der Waals surface area (Å²) in [5.41, 5.74) is -1.73. The van der Waals surface area contributed by atoms with Gasteiger partial charge in [0.25, 0.3) is 10.2 Å². The summed E-state index contributed by atoms with van der Waals surface area (Å²) < 4.78 is 62.3. The zero-order valence-electron chi connectivity index (χ0n) is 10.8. The van der Waals surface area contributed by atoms with Crippen LogP contribution in [0.1, 0.15) is 32.6 Å². The predicted molar refractivity (Wildman–Crippen MR) is 64.1 cm³/mol. The molecule has 1 aliphatic carbocycles. The van der Waals surface area contributed by atoms with Gasteiger partial charge in [0.2, 0.25) is 0 Å². The van der Waals surface area contributed by atoms with E-state index in [2.05, 4.69) is 0 Å². The Kier molecular flexibility index (Phi) is 5.03. The molecule has 1 aliphatic rings. The van der Waals surface area contributed by atoms with Gasteiger partial charge in [-0.05, 0) is 31.6 Å². The zero-order chi connectivity index (χ0) is 15.6. The standard InChI is InChI=1S/C10H17F3N2O4S/c1-7-2-4-9(5-3-7,8(16)17)15-20(18,19)14-6-10(11,12)13/h7,14-15H,2-6H2,1H3,(H,16,17). The highest BCUT2D eigenvalue weighted by Gasteiger charge is 2.44. The largest absolute Gasteiger partial charge is 0.480 e. The quantitative estimate of drug-likeness (QED) is 0.705. The second-order valence-corrected chi connectivity index (χ2v) is 6.61. The molecule has 0 amide bonds. The Bertz CT molecular complexity index is 456. The maximum absolute atomic E-state index is 12.0. The lowest BCUT2D eigenvalue weighted by Crippen LogP contribution is -2.59. The van der Waals surface area contributed by atoms with Gasteiger partial charge < -0.3 is 5.11 Å². The minimum atomic E-state index is -4.70. The van der Waals surface area contributed by atoms with Crippen LogP contribution in [0.5, 0.6) is 0 Å². The van der Waals surface area contributed by atoms with Gasteiger partial charge in [-0.25, -0.2) is 0 Å². The van der Waals surface area contributed by atoms with Crippen LogP contribution in [0.25, 0.3) is 0 Å².